The van der Waals surface area contributed by atoms with Crippen LogP contribution >= 0.6 is 0 Å². The van der Waals surface area contributed by atoms with Crippen LogP contribution in [0.3, 0.4) is 0 Å². The molecule has 3 rings (SSSR count). The predicted molar refractivity (Wildman–Crippen MR) is 83.3 cm³/mol. The van der Waals surface area contributed by atoms with Gasteiger partial charge in [-0.2, -0.15) is 0 Å². The van der Waals surface area contributed by atoms with Crippen molar-refractivity contribution in [2.75, 3.05) is 0 Å². The molecule has 0 saturated carbocycles. The smallest absolute Gasteiger partial charge is 0.335 e. The van der Waals surface area contributed by atoms with E-state index in [4.69, 9.17) is 5.11 Å². The topological polar surface area (TPSA) is 37.3 Å². The van der Waals surface area contributed by atoms with E-state index in [1.54, 1.807) is 12.1 Å². The van der Waals surface area contributed by atoms with Crippen molar-refractivity contribution in [3.8, 4) is 11.8 Å². The molecule has 0 atom stereocenters. The molecule has 0 aliphatic carbocycles. The van der Waals surface area contributed by atoms with Crippen LogP contribution < -0.4 is 0 Å². The fourth-order valence-electron chi connectivity index (χ4n) is 2.12. The van der Waals surface area contributed by atoms with E-state index < -0.39 is 5.97 Å². The summed E-state index contributed by atoms with van der Waals surface area (Å²) >= 11 is 0. The van der Waals surface area contributed by atoms with Gasteiger partial charge >= 0.3 is 5.97 Å². The lowest BCUT2D eigenvalue weighted by Crippen LogP contribution is -1.95. The highest BCUT2D eigenvalue weighted by Gasteiger charge is 2.03. The van der Waals surface area contributed by atoms with Crippen molar-refractivity contribution in [2.24, 2.45) is 0 Å². The molecule has 0 bridgehead atoms. The van der Waals surface area contributed by atoms with Gasteiger partial charge < -0.3 is 5.11 Å². The van der Waals surface area contributed by atoms with Crippen LogP contribution in [0.15, 0.2) is 66.7 Å². The molecular weight excluding hydrogens is 260 g/mol. The highest BCUT2D eigenvalue weighted by molar-refractivity contribution is 5.94. The number of rotatable bonds is 1. The van der Waals surface area contributed by atoms with Gasteiger partial charge in [-0.15, -0.1) is 0 Å². The molecule has 0 amide bonds. The van der Waals surface area contributed by atoms with E-state index in [2.05, 4.69) is 11.8 Å². The van der Waals surface area contributed by atoms with Crippen molar-refractivity contribution in [2.45, 2.75) is 0 Å². The zero-order chi connectivity index (χ0) is 14.7. The predicted octanol–water partition coefficient (Wildman–Crippen LogP) is 3.94. The van der Waals surface area contributed by atoms with Crippen LogP contribution in [0.5, 0.6) is 0 Å². The zero-order valence-electron chi connectivity index (χ0n) is 11.2. The molecule has 3 aromatic carbocycles. The largest absolute Gasteiger partial charge is 0.478 e. The van der Waals surface area contributed by atoms with Crippen LogP contribution in [0.2, 0.25) is 0 Å². The molecule has 0 aromatic heterocycles. The second-order valence-electron chi connectivity index (χ2n) is 4.70. The maximum Gasteiger partial charge on any atom is 0.335 e. The molecule has 0 aliphatic heterocycles. The molecule has 0 unspecified atom stereocenters. The maximum atomic E-state index is 10.9. The summed E-state index contributed by atoms with van der Waals surface area (Å²) in [7, 11) is 0. The van der Waals surface area contributed by atoms with E-state index in [0.717, 1.165) is 21.9 Å². The van der Waals surface area contributed by atoms with Crippen LogP contribution in [0, 0.1) is 11.8 Å². The van der Waals surface area contributed by atoms with Gasteiger partial charge in [0.2, 0.25) is 0 Å². The summed E-state index contributed by atoms with van der Waals surface area (Å²) in [4.78, 5) is 10.9. The van der Waals surface area contributed by atoms with Crippen molar-refractivity contribution < 1.29 is 9.90 Å². The zero-order valence-corrected chi connectivity index (χ0v) is 11.2. The van der Waals surface area contributed by atoms with Gasteiger partial charge in [-0.25, -0.2) is 4.79 Å². The molecule has 2 heteroatoms. The summed E-state index contributed by atoms with van der Waals surface area (Å²) in [5.74, 6) is 5.32. The lowest BCUT2D eigenvalue weighted by atomic mass is 10.0. The standard InChI is InChI=1S/C19H12O2/c20-19(21)18-11-10-16-12-15(8-9-17(16)13-18)7-6-14-4-2-1-3-5-14/h1-5,8-13H,(H,20,21). The second-order valence-corrected chi connectivity index (χ2v) is 4.70. The molecule has 100 valence electrons. The molecular formula is C19H12O2. The van der Waals surface area contributed by atoms with Gasteiger partial charge in [0.05, 0.1) is 5.56 Å². The SMILES string of the molecule is O=C(O)c1ccc2cc(C#Cc3ccccc3)ccc2c1. The number of carboxylic acid groups (broad SMARTS) is 1. The highest BCUT2D eigenvalue weighted by atomic mass is 16.4. The number of aromatic carboxylic acids is 1. The fraction of sp³-hybridized carbons (Fsp3) is 0. The van der Waals surface area contributed by atoms with E-state index in [1.807, 2.05) is 54.6 Å². The first kappa shape index (κ1) is 13.0. The number of carboxylic acids is 1. The lowest BCUT2D eigenvalue weighted by Gasteiger charge is -2.00. The fourth-order valence-corrected chi connectivity index (χ4v) is 2.12. The van der Waals surface area contributed by atoms with Crippen LogP contribution in [-0.4, -0.2) is 11.1 Å². The summed E-state index contributed by atoms with van der Waals surface area (Å²) in [6.07, 6.45) is 0. The van der Waals surface area contributed by atoms with Crippen molar-refractivity contribution in [3.63, 3.8) is 0 Å². The van der Waals surface area contributed by atoms with Gasteiger partial charge in [-0.3, -0.25) is 0 Å². The molecule has 2 nitrogen and oxygen atoms in total. The molecule has 21 heavy (non-hydrogen) atoms. The van der Waals surface area contributed by atoms with Crippen molar-refractivity contribution in [1.29, 1.82) is 0 Å². The molecule has 0 saturated heterocycles. The molecule has 0 radical (unpaired) electrons. The summed E-state index contributed by atoms with van der Waals surface area (Å²) < 4.78 is 0. The highest BCUT2D eigenvalue weighted by Crippen LogP contribution is 2.18. The van der Waals surface area contributed by atoms with Crippen LogP contribution in [0.1, 0.15) is 21.5 Å². The van der Waals surface area contributed by atoms with Crippen molar-refractivity contribution >= 4 is 16.7 Å². The minimum atomic E-state index is -0.912. The molecule has 0 heterocycles. The Morgan fingerprint density at radius 3 is 2.19 bits per heavy atom. The third-order valence-electron chi connectivity index (χ3n) is 3.21. The Morgan fingerprint density at radius 1 is 0.762 bits per heavy atom. The molecule has 1 N–H and O–H groups in total. The monoisotopic (exact) mass is 272 g/mol. The quantitative estimate of drug-likeness (QED) is 0.681. The molecule has 0 fully saturated rings. The van der Waals surface area contributed by atoms with Crippen LogP contribution in [0.25, 0.3) is 10.8 Å². The minimum Gasteiger partial charge on any atom is -0.478 e. The molecule has 0 spiro atoms. The Kier molecular flexibility index (Phi) is 3.41. The van der Waals surface area contributed by atoms with Gasteiger partial charge in [0.25, 0.3) is 0 Å². The summed E-state index contributed by atoms with van der Waals surface area (Å²) in [6.45, 7) is 0. The van der Waals surface area contributed by atoms with Gasteiger partial charge in [0.1, 0.15) is 0 Å². The average molecular weight is 272 g/mol. The first-order chi connectivity index (χ1) is 10.2. The summed E-state index contributed by atoms with van der Waals surface area (Å²) in [5.41, 5.74) is 2.18. The molecule has 3 aromatic rings. The third-order valence-corrected chi connectivity index (χ3v) is 3.21. The van der Waals surface area contributed by atoms with Gasteiger partial charge in [0.15, 0.2) is 0 Å². The number of hydrogen-bond acceptors (Lipinski definition) is 1. The van der Waals surface area contributed by atoms with Gasteiger partial charge in [0, 0.05) is 11.1 Å². The van der Waals surface area contributed by atoms with Gasteiger partial charge in [-0.1, -0.05) is 42.2 Å². The Bertz CT molecular complexity index is 868. The number of benzene rings is 3. The van der Waals surface area contributed by atoms with E-state index >= 15 is 0 Å². The lowest BCUT2D eigenvalue weighted by molar-refractivity contribution is 0.0697. The van der Waals surface area contributed by atoms with E-state index in [9.17, 15) is 4.79 Å². The number of carbonyl (C=O) groups is 1. The average Bonchev–Trinajstić information content (AvgIpc) is 2.53. The minimum absolute atomic E-state index is 0.297. The molecule has 0 aliphatic rings. The maximum absolute atomic E-state index is 10.9. The first-order valence-electron chi connectivity index (χ1n) is 6.56. The van der Waals surface area contributed by atoms with Crippen LogP contribution in [0.4, 0.5) is 0 Å². The van der Waals surface area contributed by atoms with Crippen LogP contribution in [-0.2, 0) is 0 Å². The van der Waals surface area contributed by atoms with Crippen molar-refractivity contribution in [1.82, 2.24) is 0 Å². The Hall–Kier alpha value is -3.05. The second kappa shape index (κ2) is 5.52. The Morgan fingerprint density at radius 2 is 1.43 bits per heavy atom. The summed E-state index contributed by atoms with van der Waals surface area (Å²) in [5, 5.41) is 10.9. The van der Waals surface area contributed by atoms with E-state index in [-0.39, 0.29) is 0 Å². The normalized spacial score (nSPS) is 9.90. The first-order valence-corrected chi connectivity index (χ1v) is 6.56. The Labute approximate surface area is 122 Å². The van der Waals surface area contributed by atoms with Crippen molar-refractivity contribution in [3.05, 3.63) is 83.4 Å². The van der Waals surface area contributed by atoms with E-state index in [1.165, 1.54) is 0 Å². The Balaban J connectivity index is 1.97. The summed E-state index contributed by atoms with van der Waals surface area (Å²) in [6, 6.07) is 20.7. The third kappa shape index (κ3) is 2.93. The number of fused-ring (bicyclic) bond motifs is 1. The van der Waals surface area contributed by atoms with E-state index in [0.29, 0.717) is 5.56 Å². The van der Waals surface area contributed by atoms with Gasteiger partial charge in [-0.05, 0) is 47.2 Å². The number of hydrogen-bond donors (Lipinski definition) is 1.